The van der Waals surface area contributed by atoms with Crippen molar-refractivity contribution in [2.45, 2.75) is 47.3 Å². The number of nitrogens with one attached hydrogen (secondary N) is 1. The second kappa shape index (κ2) is 15.2. The molecule has 0 saturated carbocycles. The molecule has 0 radical (unpaired) electrons. The number of para-hydroxylation sites is 2. The number of likely N-dealkylation sites (N-methyl/N-ethyl adjacent to an activating group) is 1. The molecule has 226 valence electrons. The molecule has 6 rings (SSSR count). The Morgan fingerprint density at radius 1 is 0.512 bits per heavy atom. The Labute approximate surface area is 267 Å². The van der Waals surface area contributed by atoms with Crippen molar-refractivity contribution in [1.29, 1.82) is 0 Å². The standard InChI is InChI=1S/C19H24N2S.C18H22N2S/c1-15-8-9-18(16(2)14-15)22-19-7-5-4-6-17(19)21-12-10-20(3)11-13-21;1-14-7-8-17(15(2)13-14)21-18-6-4-3-5-16(18)20-11-9-19-10-12-20/h4-9,14H,10-13H2,1-3H3;3-8,13,19H,9-12H2,1-2H3. The average molecular weight is 611 g/mol. The summed E-state index contributed by atoms with van der Waals surface area (Å²) in [4.78, 5) is 12.8. The van der Waals surface area contributed by atoms with Crippen molar-refractivity contribution in [2.75, 3.05) is 69.2 Å². The lowest BCUT2D eigenvalue weighted by Gasteiger charge is -2.35. The van der Waals surface area contributed by atoms with E-state index in [1.807, 2.05) is 23.5 Å². The minimum absolute atomic E-state index is 1.07. The van der Waals surface area contributed by atoms with Crippen LogP contribution in [0.5, 0.6) is 0 Å². The minimum atomic E-state index is 1.07. The molecule has 0 unspecified atom stereocenters. The molecule has 0 bridgehead atoms. The maximum Gasteiger partial charge on any atom is 0.0508 e. The lowest BCUT2D eigenvalue weighted by atomic mass is 10.2. The molecule has 0 aliphatic carbocycles. The first kappa shape index (κ1) is 31.5. The molecule has 6 heteroatoms. The zero-order valence-electron chi connectivity index (χ0n) is 26.4. The van der Waals surface area contributed by atoms with Crippen molar-refractivity contribution in [2.24, 2.45) is 0 Å². The fraction of sp³-hybridized carbons (Fsp3) is 0.351. The van der Waals surface area contributed by atoms with E-state index in [1.54, 1.807) is 0 Å². The molecule has 43 heavy (non-hydrogen) atoms. The number of hydrogen-bond donors (Lipinski definition) is 1. The van der Waals surface area contributed by atoms with Crippen LogP contribution in [0.2, 0.25) is 0 Å². The van der Waals surface area contributed by atoms with E-state index in [9.17, 15) is 0 Å². The largest absolute Gasteiger partial charge is 0.368 e. The number of benzene rings is 4. The summed E-state index contributed by atoms with van der Waals surface area (Å²) in [5.74, 6) is 0. The summed E-state index contributed by atoms with van der Waals surface area (Å²) in [6.07, 6.45) is 0. The van der Waals surface area contributed by atoms with Crippen molar-refractivity contribution >= 4 is 34.9 Å². The Hall–Kier alpha value is -2.90. The van der Waals surface area contributed by atoms with E-state index in [1.165, 1.54) is 53.2 Å². The van der Waals surface area contributed by atoms with Gasteiger partial charge in [-0.15, -0.1) is 0 Å². The molecule has 2 heterocycles. The van der Waals surface area contributed by atoms with Crippen LogP contribution in [-0.2, 0) is 0 Å². The molecule has 2 aliphatic rings. The molecular formula is C37H46N4S2. The molecule has 0 amide bonds. The van der Waals surface area contributed by atoms with Gasteiger partial charge in [0.1, 0.15) is 0 Å². The number of hydrogen-bond acceptors (Lipinski definition) is 6. The van der Waals surface area contributed by atoms with Gasteiger partial charge in [0, 0.05) is 71.9 Å². The fourth-order valence-electron chi connectivity index (χ4n) is 5.63. The Balaban J connectivity index is 0.000000171. The average Bonchev–Trinajstić information content (AvgIpc) is 3.02. The van der Waals surface area contributed by atoms with Gasteiger partial charge in [0.25, 0.3) is 0 Å². The molecule has 4 nitrogen and oxygen atoms in total. The first-order valence-electron chi connectivity index (χ1n) is 15.4. The maximum absolute atomic E-state index is 3.42. The molecule has 0 aromatic heterocycles. The highest BCUT2D eigenvalue weighted by molar-refractivity contribution is 7.99. The van der Waals surface area contributed by atoms with Crippen LogP contribution in [0.4, 0.5) is 11.4 Å². The summed E-state index contributed by atoms with van der Waals surface area (Å²) in [5.41, 5.74) is 8.11. The maximum atomic E-state index is 3.42. The summed E-state index contributed by atoms with van der Waals surface area (Å²) in [5, 5.41) is 3.42. The van der Waals surface area contributed by atoms with Gasteiger partial charge in [-0.25, -0.2) is 0 Å². The highest BCUT2D eigenvalue weighted by Crippen LogP contribution is 2.38. The molecular weight excluding hydrogens is 565 g/mol. The predicted octanol–water partition coefficient (Wildman–Crippen LogP) is 8.07. The van der Waals surface area contributed by atoms with E-state index >= 15 is 0 Å². The van der Waals surface area contributed by atoms with Gasteiger partial charge in [-0.3, -0.25) is 0 Å². The third-order valence-electron chi connectivity index (χ3n) is 8.13. The Morgan fingerprint density at radius 3 is 1.42 bits per heavy atom. The number of piperazine rings is 2. The summed E-state index contributed by atoms with van der Waals surface area (Å²) in [6, 6.07) is 31.0. The van der Waals surface area contributed by atoms with Crippen LogP contribution < -0.4 is 15.1 Å². The number of anilines is 2. The lowest BCUT2D eigenvalue weighted by molar-refractivity contribution is 0.312. The van der Waals surface area contributed by atoms with E-state index in [4.69, 9.17) is 0 Å². The van der Waals surface area contributed by atoms with E-state index in [-0.39, 0.29) is 0 Å². The zero-order valence-corrected chi connectivity index (χ0v) is 28.0. The molecule has 0 spiro atoms. The fourth-order valence-corrected chi connectivity index (χ4v) is 7.71. The summed E-state index contributed by atoms with van der Waals surface area (Å²) < 4.78 is 0. The van der Waals surface area contributed by atoms with Gasteiger partial charge in [0.15, 0.2) is 0 Å². The van der Waals surface area contributed by atoms with Crippen LogP contribution in [-0.4, -0.2) is 64.3 Å². The summed E-state index contributed by atoms with van der Waals surface area (Å²) in [6.45, 7) is 17.5. The van der Waals surface area contributed by atoms with Crippen molar-refractivity contribution < 1.29 is 0 Å². The molecule has 2 saturated heterocycles. The highest BCUT2D eigenvalue weighted by atomic mass is 32.2. The van der Waals surface area contributed by atoms with Crippen LogP contribution >= 0.6 is 23.5 Å². The van der Waals surface area contributed by atoms with Gasteiger partial charge >= 0.3 is 0 Å². The Morgan fingerprint density at radius 2 is 0.953 bits per heavy atom. The minimum Gasteiger partial charge on any atom is -0.368 e. The Bertz CT molecular complexity index is 1490. The van der Waals surface area contributed by atoms with Crippen LogP contribution in [0.25, 0.3) is 0 Å². The van der Waals surface area contributed by atoms with Gasteiger partial charge in [-0.05, 0) is 82.3 Å². The summed E-state index contributed by atoms with van der Waals surface area (Å²) in [7, 11) is 2.20. The Kier molecular flexibility index (Phi) is 11.1. The van der Waals surface area contributed by atoms with E-state index in [0.717, 1.165) is 52.4 Å². The molecule has 1 N–H and O–H groups in total. The van der Waals surface area contributed by atoms with Crippen LogP contribution in [0, 0.1) is 27.7 Å². The lowest BCUT2D eigenvalue weighted by Crippen LogP contribution is -2.44. The second-order valence-electron chi connectivity index (χ2n) is 11.7. The number of rotatable bonds is 6. The van der Waals surface area contributed by atoms with Gasteiger partial charge in [-0.1, -0.05) is 83.2 Å². The zero-order chi connectivity index (χ0) is 30.2. The number of nitrogens with zero attached hydrogens (tertiary/aromatic N) is 3. The number of aryl methyl sites for hydroxylation is 4. The molecule has 4 aromatic carbocycles. The molecule has 4 aromatic rings. The predicted molar refractivity (Wildman–Crippen MR) is 188 cm³/mol. The van der Waals surface area contributed by atoms with Crippen LogP contribution in [0.15, 0.2) is 105 Å². The first-order valence-corrected chi connectivity index (χ1v) is 17.1. The first-order chi connectivity index (χ1) is 20.9. The van der Waals surface area contributed by atoms with Crippen LogP contribution in [0.1, 0.15) is 22.3 Å². The van der Waals surface area contributed by atoms with E-state index in [2.05, 4.69) is 140 Å². The second-order valence-corrected chi connectivity index (χ2v) is 13.9. The molecule has 2 fully saturated rings. The van der Waals surface area contributed by atoms with Gasteiger partial charge in [0.2, 0.25) is 0 Å². The van der Waals surface area contributed by atoms with Crippen LogP contribution in [0.3, 0.4) is 0 Å². The van der Waals surface area contributed by atoms with E-state index < -0.39 is 0 Å². The summed E-state index contributed by atoms with van der Waals surface area (Å²) >= 11 is 3.77. The van der Waals surface area contributed by atoms with Crippen molar-refractivity contribution in [3.05, 3.63) is 107 Å². The van der Waals surface area contributed by atoms with E-state index in [0.29, 0.717) is 0 Å². The van der Waals surface area contributed by atoms with Crippen molar-refractivity contribution in [3.63, 3.8) is 0 Å². The van der Waals surface area contributed by atoms with Gasteiger partial charge < -0.3 is 20.0 Å². The SMILES string of the molecule is Cc1ccc(Sc2ccccc2N2CCN(C)CC2)c(C)c1.Cc1ccc(Sc2ccccc2N2CCNCC2)c(C)c1. The van der Waals surface area contributed by atoms with Crippen molar-refractivity contribution in [1.82, 2.24) is 10.2 Å². The molecule has 0 atom stereocenters. The topological polar surface area (TPSA) is 21.8 Å². The van der Waals surface area contributed by atoms with Gasteiger partial charge in [-0.2, -0.15) is 0 Å². The highest BCUT2D eigenvalue weighted by Gasteiger charge is 2.18. The molecule has 2 aliphatic heterocycles. The smallest absolute Gasteiger partial charge is 0.0508 e. The monoisotopic (exact) mass is 610 g/mol. The third kappa shape index (κ3) is 8.60. The van der Waals surface area contributed by atoms with Crippen molar-refractivity contribution in [3.8, 4) is 0 Å². The normalized spacial score (nSPS) is 15.7. The van der Waals surface area contributed by atoms with Gasteiger partial charge in [0.05, 0.1) is 11.4 Å². The third-order valence-corrected chi connectivity index (χ3v) is 10.6. The quantitative estimate of drug-likeness (QED) is 0.237.